The maximum absolute atomic E-state index is 11.7. The quantitative estimate of drug-likeness (QED) is 0.811. The van der Waals surface area contributed by atoms with E-state index in [0.717, 1.165) is 25.0 Å². The summed E-state index contributed by atoms with van der Waals surface area (Å²) in [5.41, 5.74) is 0.895. The predicted molar refractivity (Wildman–Crippen MR) is 78.6 cm³/mol. The average Bonchev–Trinajstić information content (AvgIpc) is 3.03. The van der Waals surface area contributed by atoms with Crippen molar-refractivity contribution in [3.8, 4) is 11.8 Å². The molecule has 0 saturated carbocycles. The van der Waals surface area contributed by atoms with Gasteiger partial charge in [0.05, 0.1) is 6.10 Å². The third kappa shape index (κ3) is 5.28. The van der Waals surface area contributed by atoms with Gasteiger partial charge in [-0.1, -0.05) is 12.1 Å². The second-order valence-corrected chi connectivity index (χ2v) is 4.73. The highest BCUT2D eigenvalue weighted by Gasteiger charge is 2.15. The van der Waals surface area contributed by atoms with E-state index in [2.05, 4.69) is 5.32 Å². The Morgan fingerprint density at radius 3 is 2.95 bits per heavy atom. The van der Waals surface area contributed by atoms with Crippen molar-refractivity contribution in [3.05, 3.63) is 35.9 Å². The van der Waals surface area contributed by atoms with Gasteiger partial charge in [-0.05, 0) is 36.6 Å². The Balaban J connectivity index is 1.77. The number of carbonyl (C=O) groups excluding carboxylic acids is 1. The van der Waals surface area contributed by atoms with Crippen LogP contribution in [-0.2, 0) is 9.53 Å². The molecule has 1 N–H and O–H groups in total. The van der Waals surface area contributed by atoms with Crippen molar-refractivity contribution in [1.82, 2.24) is 5.32 Å². The normalized spacial score (nSPS) is 17.6. The average molecular weight is 286 g/mol. The van der Waals surface area contributed by atoms with Crippen molar-refractivity contribution in [3.63, 3.8) is 0 Å². The number of carbonyl (C=O) groups is 1. The smallest absolute Gasteiger partial charge is 0.244 e. The summed E-state index contributed by atoms with van der Waals surface area (Å²) >= 11 is 0. The molecule has 110 valence electrons. The molecule has 5 heteroatoms. The summed E-state index contributed by atoms with van der Waals surface area (Å²) in [6, 6.07) is 9.10. The SMILES string of the molecule is N#CCOc1ccc(/C=C/C(=O)NCC2CCCO2)cc1. The van der Waals surface area contributed by atoms with Gasteiger partial charge in [0.2, 0.25) is 5.91 Å². The Morgan fingerprint density at radius 1 is 1.48 bits per heavy atom. The molecule has 2 rings (SSSR count). The van der Waals surface area contributed by atoms with Crippen LogP contribution in [0.2, 0.25) is 0 Å². The van der Waals surface area contributed by atoms with Crippen LogP contribution in [0.4, 0.5) is 0 Å². The molecular formula is C16H18N2O3. The van der Waals surface area contributed by atoms with E-state index in [0.29, 0.717) is 12.3 Å². The van der Waals surface area contributed by atoms with Gasteiger partial charge in [-0.2, -0.15) is 5.26 Å². The van der Waals surface area contributed by atoms with Crippen LogP contribution in [-0.4, -0.2) is 31.8 Å². The molecule has 0 spiro atoms. The van der Waals surface area contributed by atoms with Crippen LogP contribution in [0.1, 0.15) is 18.4 Å². The van der Waals surface area contributed by atoms with E-state index < -0.39 is 0 Å². The van der Waals surface area contributed by atoms with Crippen molar-refractivity contribution >= 4 is 12.0 Å². The minimum Gasteiger partial charge on any atom is -0.479 e. The molecule has 1 aromatic carbocycles. The zero-order valence-corrected chi connectivity index (χ0v) is 11.7. The summed E-state index contributed by atoms with van der Waals surface area (Å²) in [6.07, 6.45) is 5.46. The van der Waals surface area contributed by atoms with Gasteiger partial charge in [-0.3, -0.25) is 4.79 Å². The first kappa shape index (κ1) is 15.1. The second kappa shape index (κ2) is 8.08. The van der Waals surface area contributed by atoms with E-state index in [1.165, 1.54) is 6.08 Å². The van der Waals surface area contributed by atoms with Crippen molar-refractivity contribution in [1.29, 1.82) is 5.26 Å². The topological polar surface area (TPSA) is 71.3 Å². The summed E-state index contributed by atoms with van der Waals surface area (Å²) in [4.78, 5) is 11.7. The van der Waals surface area contributed by atoms with Gasteiger partial charge in [0.25, 0.3) is 0 Å². The molecule has 1 saturated heterocycles. The highest BCUT2D eigenvalue weighted by molar-refractivity contribution is 5.91. The fraction of sp³-hybridized carbons (Fsp3) is 0.375. The van der Waals surface area contributed by atoms with E-state index in [1.54, 1.807) is 18.2 Å². The first-order valence-electron chi connectivity index (χ1n) is 6.95. The molecule has 1 atom stereocenters. The molecule has 21 heavy (non-hydrogen) atoms. The van der Waals surface area contributed by atoms with Crippen LogP contribution in [0.15, 0.2) is 30.3 Å². The number of rotatable bonds is 6. The standard InChI is InChI=1S/C16H18N2O3/c17-9-11-21-14-6-3-13(4-7-14)5-8-16(19)18-12-15-2-1-10-20-15/h3-8,15H,1-2,10-12H2,(H,18,19)/b8-5+. The zero-order chi connectivity index (χ0) is 14.9. The van der Waals surface area contributed by atoms with Crippen LogP contribution in [0.25, 0.3) is 6.08 Å². The van der Waals surface area contributed by atoms with Crippen LogP contribution >= 0.6 is 0 Å². The van der Waals surface area contributed by atoms with E-state index in [4.69, 9.17) is 14.7 Å². The molecule has 1 heterocycles. The van der Waals surface area contributed by atoms with Crippen LogP contribution in [0.3, 0.4) is 0 Å². The maximum Gasteiger partial charge on any atom is 0.244 e. The van der Waals surface area contributed by atoms with Crippen molar-refractivity contribution in [2.75, 3.05) is 19.8 Å². The molecular weight excluding hydrogens is 268 g/mol. The Hall–Kier alpha value is -2.32. The minimum atomic E-state index is -0.129. The fourth-order valence-electron chi connectivity index (χ4n) is 2.04. The lowest BCUT2D eigenvalue weighted by molar-refractivity contribution is -0.116. The molecule has 0 aromatic heterocycles. The number of nitrogens with one attached hydrogen (secondary N) is 1. The number of nitriles is 1. The third-order valence-corrected chi connectivity index (χ3v) is 3.14. The van der Waals surface area contributed by atoms with Crippen LogP contribution < -0.4 is 10.1 Å². The zero-order valence-electron chi connectivity index (χ0n) is 11.7. The van der Waals surface area contributed by atoms with E-state index in [1.807, 2.05) is 18.2 Å². The van der Waals surface area contributed by atoms with Crippen molar-refractivity contribution in [2.24, 2.45) is 0 Å². The Labute approximate surface area is 124 Å². The molecule has 0 radical (unpaired) electrons. The van der Waals surface area contributed by atoms with Gasteiger partial charge in [0, 0.05) is 19.2 Å². The highest BCUT2D eigenvalue weighted by atomic mass is 16.5. The summed E-state index contributed by atoms with van der Waals surface area (Å²) in [7, 11) is 0. The molecule has 5 nitrogen and oxygen atoms in total. The molecule has 1 fully saturated rings. The minimum absolute atomic E-state index is 0.0286. The number of hydrogen-bond donors (Lipinski definition) is 1. The van der Waals surface area contributed by atoms with E-state index in [9.17, 15) is 4.79 Å². The van der Waals surface area contributed by atoms with Gasteiger partial charge in [-0.25, -0.2) is 0 Å². The van der Waals surface area contributed by atoms with Crippen LogP contribution in [0.5, 0.6) is 5.75 Å². The molecule has 0 aliphatic carbocycles. The second-order valence-electron chi connectivity index (χ2n) is 4.73. The van der Waals surface area contributed by atoms with E-state index in [-0.39, 0.29) is 18.6 Å². The first-order valence-corrected chi connectivity index (χ1v) is 6.95. The van der Waals surface area contributed by atoms with Crippen LogP contribution in [0, 0.1) is 11.3 Å². The molecule has 1 unspecified atom stereocenters. The molecule has 1 aliphatic rings. The molecule has 0 bridgehead atoms. The number of ether oxygens (including phenoxy) is 2. The molecule has 1 amide bonds. The Kier molecular flexibility index (Phi) is 5.80. The largest absolute Gasteiger partial charge is 0.479 e. The predicted octanol–water partition coefficient (Wildman–Crippen LogP) is 1.90. The van der Waals surface area contributed by atoms with Gasteiger partial charge in [0.15, 0.2) is 6.61 Å². The lowest BCUT2D eigenvalue weighted by atomic mass is 10.2. The van der Waals surface area contributed by atoms with Crippen molar-refractivity contribution < 1.29 is 14.3 Å². The third-order valence-electron chi connectivity index (χ3n) is 3.14. The highest BCUT2D eigenvalue weighted by Crippen LogP contribution is 2.13. The van der Waals surface area contributed by atoms with Gasteiger partial charge in [0.1, 0.15) is 11.8 Å². The number of hydrogen-bond acceptors (Lipinski definition) is 4. The Bertz CT molecular complexity index is 525. The Morgan fingerprint density at radius 2 is 2.29 bits per heavy atom. The lowest BCUT2D eigenvalue weighted by Crippen LogP contribution is -2.30. The summed E-state index contributed by atoms with van der Waals surface area (Å²) < 4.78 is 10.6. The summed E-state index contributed by atoms with van der Waals surface area (Å²) in [5, 5.41) is 11.2. The monoisotopic (exact) mass is 286 g/mol. The summed E-state index contributed by atoms with van der Waals surface area (Å²) in [6.45, 7) is 1.38. The van der Waals surface area contributed by atoms with Gasteiger partial charge < -0.3 is 14.8 Å². The number of amides is 1. The fourth-order valence-corrected chi connectivity index (χ4v) is 2.04. The van der Waals surface area contributed by atoms with Gasteiger partial charge >= 0.3 is 0 Å². The lowest BCUT2D eigenvalue weighted by Gasteiger charge is -2.08. The molecule has 1 aromatic rings. The summed E-state index contributed by atoms with van der Waals surface area (Å²) in [5.74, 6) is 0.506. The number of nitrogens with zero attached hydrogens (tertiary/aromatic N) is 1. The number of benzene rings is 1. The van der Waals surface area contributed by atoms with E-state index >= 15 is 0 Å². The van der Waals surface area contributed by atoms with Gasteiger partial charge in [-0.15, -0.1) is 0 Å². The first-order chi connectivity index (χ1) is 10.3. The van der Waals surface area contributed by atoms with Crippen molar-refractivity contribution in [2.45, 2.75) is 18.9 Å². The molecule has 1 aliphatic heterocycles. The maximum atomic E-state index is 11.7.